The Kier molecular flexibility index (Phi) is 7.18. The van der Waals surface area contributed by atoms with Crippen molar-refractivity contribution in [2.75, 3.05) is 37.7 Å². The van der Waals surface area contributed by atoms with E-state index in [9.17, 15) is 17.2 Å². The van der Waals surface area contributed by atoms with Gasteiger partial charge >= 0.3 is 0 Å². The Bertz CT molecular complexity index is 1640. The molecule has 2 aliphatic heterocycles. The Hall–Kier alpha value is -3.57. The number of nitrogens with zero attached hydrogens (tertiary/aromatic N) is 4. The highest BCUT2D eigenvalue weighted by Gasteiger charge is 2.32. The summed E-state index contributed by atoms with van der Waals surface area (Å²) in [7, 11) is -2.34. The fourth-order valence-corrected chi connectivity index (χ4v) is 6.85. The average molecular weight is 554 g/mol. The predicted molar refractivity (Wildman–Crippen MR) is 146 cm³/mol. The lowest BCUT2D eigenvalue weighted by Gasteiger charge is -2.39. The highest BCUT2D eigenvalue weighted by atomic mass is 32.2. The molecule has 0 bridgehead atoms. The van der Waals surface area contributed by atoms with Crippen molar-refractivity contribution in [1.82, 2.24) is 19.9 Å². The van der Waals surface area contributed by atoms with Gasteiger partial charge in [-0.1, -0.05) is 0 Å². The van der Waals surface area contributed by atoms with Gasteiger partial charge in [-0.3, -0.25) is 9.88 Å². The van der Waals surface area contributed by atoms with Crippen LogP contribution in [-0.4, -0.2) is 66.0 Å². The lowest BCUT2D eigenvalue weighted by Crippen LogP contribution is -2.47. The number of rotatable bonds is 5. The molecule has 1 aromatic carbocycles. The first-order chi connectivity index (χ1) is 19.0. The van der Waals surface area contributed by atoms with E-state index in [4.69, 9.17) is 4.74 Å². The molecule has 0 amide bonds. The second kappa shape index (κ2) is 10.9. The fourth-order valence-electron chi connectivity index (χ4n) is 5.97. The smallest absolute Gasteiger partial charge is 0.228 e. The van der Waals surface area contributed by atoms with Gasteiger partial charge in [-0.2, -0.15) is 8.42 Å². The van der Waals surface area contributed by atoms with Crippen LogP contribution in [-0.2, 0) is 10.3 Å². The molecule has 2 fully saturated rings. The third-order valence-corrected chi connectivity index (χ3v) is 8.76. The van der Waals surface area contributed by atoms with Crippen molar-refractivity contribution >= 4 is 42.9 Å². The van der Waals surface area contributed by atoms with Crippen molar-refractivity contribution < 1.29 is 21.9 Å². The predicted octanol–water partition coefficient (Wildman–Crippen LogP) is 4.41. The van der Waals surface area contributed by atoms with Crippen molar-refractivity contribution in [1.29, 1.82) is 0 Å². The van der Waals surface area contributed by atoms with Crippen LogP contribution >= 0.6 is 0 Å². The van der Waals surface area contributed by atoms with Gasteiger partial charge in [0.25, 0.3) is 0 Å². The van der Waals surface area contributed by atoms with E-state index in [1.807, 2.05) is 23.2 Å². The number of H-pyrrole nitrogens is 1. The third kappa shape index (κ3) is 5.20. The zero-order valence-corrected chi connectivity index (χ0v) is 22.1. The molecule has 5 heterocycles. The zero-order valence-electron chi connectivity index (χ0n) is 21.3. The molecule has 0 aliphatic carbocycles. The number of anilines is 1. The second-order valence-corrected chi connectivity index (χ2v) is 11.2. The summed E-state index contributed by atoms with van der Waals surface area (Å²) in [5, 5.41) is 2.07. The van der Waals surface area contributed by atoms with E-state index < -0.39 is 21.9 Å². The zero-order chi connectivity index (χ0) is 26.9. The number of nitrogens with one attached hydrogen (secondary N) is 1. The maximum absolute atomic E-state index is 14.0. The number of aromatic nitrogens is 3. The Balaban J connectivity index is 1.14. The Morgan fingerprint density at radius 2 is 1.92 bits per heavy atom. The number of pyridine rings is 2. The first kappa shape index (κ1) is 25.7. The van der Waals surface area contributed by atoms with Crippen molar-refractivity contribution in [2.45, 2.75) is 25.7 Å². The van der Waals surface area contributed by atoms with Gasteiger partial charge in [0.1, 0.15) is 16.5 Å². The SMILES string of the molecule is O=S(=O)=C(C1CCN(c2ccnc3cnc4[nH]ccc4c23)CC1)N1CCCC(COc2ccc(F)cc2F)C1. The van der Waals surface area contributed by atoms with Crippen LogP contribution in [0, 0.1) is 23.5 Å². The maximum Gasteiger partial charge on any atom is 0.228 e. The Morgan fingerprint density at radius 1 is 1.08 bits per heavy atom. The monoisotopic (exact) mass is 553 g/mol. The molecule has 2 saturated heterocycles. The molecule has 1 atom stereocenters. The van der Waals surface area contributed by atoms with Crippen molar-refractivity contribution in [3.8, 4) is 5.75 Å². The van der Waals surface area contributed by atoms with E-state index >= 15 is 0 Å². The van der Waals surface area contributed by atoms with E-state index in [0.29, 0.717) is 30.9 Å². The first-order valence-corrected chi connectivity index (χ1v) is 14.3. The minimum atomic E-state index is -2.34. The van der Waals surface area contributed by atoms with Gasteiger partial charge in [0.15, 0.2) is 11.6 Å². The molecule has 8 nitrogen and oxygen atoms in total. The quantitative estimate of drug-likeness (QED) is 0.366. The van der Waals surface area contributed by atoms with Crippen molar-refractivity contribution in [3.05, 3.63) is 60.6 Å². The number of hydrogen-bond donors (Lipinski definition) is 1. The van der Waals surface area contributed by atoms with E-state index in [1.165, 1.54) is 6.07 Å². The molecule has 3 aromatic heterocycles. The fraction of sp³-hybridized carbons (Fsp3) is 0.393. The summed E-state index contributed by atoms with van der Waals surface area (Å²) >= 11 is 0. The van der Waals surface area contributed by atoms with Gasteiger partial charge in [0.2, 0.25) is 10.3 Å². The van der Waals surface area contributed by atoms with Crippen LogP contribution in [0.25, 0.3) is 21.9 Å². The molecule has 2 aliphatic rings. The molecule has 204 valence electrons. The van der Waals surface area contributed by atoms with Crippen LogP contribution in [0.3, 0.4) is 0 Å². The number of likely N-dealkylation sites (tertiary alicyclic amines) is 1. The molecule has 1 unspecified atom stereocenters. The summed E-state index contributed by atoms with van der Waals surface area (Å²) in [6, 6.07) is 7.28. The molecular formula is C28H29F2N5O3S. The highest BCUT2D eigenvalue weighted by Crippen LogP contribution is 2.34. The van der Waals surface area contributed by atoms with Gasteiger partial charge in [0, 0.05) is 72.9 Å². The third-order valence-electron chi connectivity index (χ3n) is 7.82. The summed E-state index contributed by atoms with van der Waals surface area (Å²) < 4.78 is 57.8. The lowest BCUT2D eigenvalue weighted by atomic mass is 9.92. The number of ether oxygens (including phenoxy) is 1. The van der Waals surface area contributed by atoms with Gasteiger partial charge in [0.05, 0.1) is 18.3 Å². The van der Waals surface area contributed by atoms with Crippen molar-refractivity contribution in [2.24, 2.45) is 11.8 Å². The van der Waals surface area contributed by atoms with Gasteiger partial charge < -0.3 is 14.6 Å². The number of fused-ring (bicyclic) bond motifs is 3. The maximum atomic E-state index is 14.0. The first-order valence-electron chi connectivity index (χ1n) is 13.2. The van der Waals surface area contributed by atoms with Gasteiger partial charge in [-0.25, -0.2) is 13.8 Å². The Morgan fingerprint density at radius 3 is 2.72 bits per heavy atom. The number of piperidine rings is 2. The normalized spacial score (nSPS) is 19.0. The number of aromatic amines is 1. The Labute approximate surface area is 226 Å². The standard InChI is InChI=1S/C28H29F2N5O3S/c29-20-3-4-25(22(30)14-20)38-17-18-2-1-11-35(16-18)28(39(36)37)19-7-12-34(13-8-19)24-6-10-31-23-15-33-27-21(26(23)24)5-9-32-27/h3-6,9-10,14-15,18-19H,1-2,7-8,11-13,16-17H2,(H,32,33). The van der Waals surface area contributed by atoms with E-state index in [-0.39, 0.29) is 24.2 Å². The van der Waals surface area contributed by atoms with E-state index in [1.54, 1.807) is 12.4 Å². The van der Waals surface area contributed by atoms with Crippen LogP contribution in [0.4, 0.5) is 14.5 Å². The van der Waals surface area contributed by atoms with E-state index in [0.717, 1.165) is 65.7 Å². The topological polar surface area (TPSA) is 91.4 Å². The summed E-state index contributed by atoms with van der Waals surface area (Å²) in [6.07, 6.45) is 8.55. The summed E-state index contributed by atoms with van der Waals surface area (Å²) in [5.41, 5.74) is 2.73. The number of benzene rings is 1. The molecule has 4 aromatic rings. The van der Waals surface area contributed by atoms with Crippen molar-refractivity contribution in [3.63, 3.8) is 0 Å². The van der Waals surface area contributed by atoms with Gasteiger partial charge in [-0.15, -0.1) is 0 Å². The summed E-state index contributed by atoms with van der Waals surface area (Å²) in [4.78, 5) is 16.9. The minimum Gasteiger partial charge on any atom is -0.490 e. The highest BCUT2D eigenvalue weighted by molar-refractivity contribution is 7.72. The molecule has 11 heteroatoms. The molecule has 39 heavy (non-hydrogen) atoms. The largest absolute Gasteiger partial charge is 0.490 e. The molecular weight excluding hydrogens is 524 g/mol. The molecule has 6 rings (SSSR count). The van der Waals surface area contributed by atoms with Crippen LogP contribution in [0.5, 0.6) is 5.75 Å². The number of halogens is 2. The van der Waals surface area contributed by atoms with Crippen LogP contribution in [0.2, 0.25) is 0 Å². The van der Waals surface area contributed by atoms with Crippen LogP contribution < -0.4 is 9.64 Å². The minimum absolute atomic E-state index is 0.00818. The van der Waals surface area contributed by atoms with Crippen LogP contribution in [0.1, 0.15) is 25.7 Å². The van der Waals surface area contributed by atoms with Crippen LogP contribution in [0.15, 0.2) is 48.9 Å². The molecule has 0 saturated carbocycles. The number of hydrogen-bond acceptors (Lipinski definition) is 6. The second-order valence-electron chi connectivity index (χ2n) is 10.3. The van der Waals surface area contributed by atoms with Gasteiger partial charge in [-0.05, 0) is 49.9 Å². The summed E-state index contributed by atoms with van der Waals surface area (Å²) in [5.74, 6) is -1.41. The molecule has 1 N–H and O–H groups in total. The molecule has 0 radical (unpaired) electrons. The van der Waals surface area contributed by atoms with E-state index in [2.05, 4.69) is 19.9 Å². The summed E-state index contributed by atoms with van der Waals surface area (Å²) in [6.45, 7) is 2.89. The molecule has 0 spiro atoms. The lowest BCUT2D eigenvalue weighted by molar-refractivity contribution is 0.168. The average Bonchev–Trinajstić information content (AvgIpc) is 3.42.